The molecule has 2 amide bonds. The van der Waals surface area contributed by atoms with E-state index in [2.05, 4.69) is 15.7 Å². The summed E-state index contributed by atoms with van der Waals surface area (Å²) in [6, 6.07) is 9.45. The number of aromatic nitrogens is 2. The molecule has 0 spiro atoms. The van der Waals surface area contributed by atoms with Crippen molar-refractivity contribution in [2.24, 2.45) is 13.0 Å². The van der Waals surface area contributed by atoms with Gasteiger partial charge in [-0.05, 0) is 25.0 Å². The summed E-state index contributed by atoms with van der Waals surface area (Å²) < 4.78 is 1.83. The number of hydrogen-bond acceptors (Lipinski definition) is 4. The molecule has 2 aliphatic rings. The van der Waals surface area contributed by atoms with Gasteiger partial charge in [-0.15, -0.1) is 0 Å². The molecule has 1 atom stereocenters. The molecule has 0 bridgehead atoms. The zero-order valence-electron chi connectivity index (χ0n) is 15.6. The second kappa shape index (κ2) is 7.52. The minimum atomic E-state index is -0.194. The van der Waals surface area contributed by atoms with Gasteiger partial charge in [0, 0.05) is 56.6 Å². The van der Waals surface area contributed by atoms with Crippen LogP contribution in [0.5, 0.6) is 0 Å². The Hall–Kier alpha value is -2.67. The van der Waals surface area contributed by atoms with Crippen molar-refractivity contribution in [3.63, 3.8) is 0 Å². The highest BCUT2D eigenvalue weighted by molar-refractivity contribution is 5.96. The second-order valence-electron chi connectivity index (χ2n) is 7.27. The lowest BCUT2D eigenvalue weighted by atomic mass is 9.96. The Labute approximate surface area is 158 Å². The van der Waals surface area contributed by atoms with Crippen LogP contribution in [0, 0.1) is 5.92 Å². The molecule has 1 aromatic carbocycles. The van der Waals surface area contributed by atoms with E-state index in [4.69, 9.17) is 0 Å². The number of carbonyl (C=O) groups excluding carboxylic acids is 2. The fraction of sp³-hybridized carbons (Fsp3) is 0.450. The van der Waals surface area contributed by atoms with Gasteiger partial charge in [-0.25, -0.2) is 0 Å². The summed E-state index contributed by atoms with van der Waals surface area (Å²) in [6.45, 7) is 2.70. The van der Waals surface area contributed by atoms with E-state index >= 15 is 0 Å². The molecule has 7 nitrogen and oxygen atoms in total. The molecule has 0 aliphatic carbocycles. The van der Waals surface area contributed by atoms with Gasteiger partial charge in [0.15, 0.2) is 5.69 Å². The monoisotopic (exact) mass is 367 g/mol. The van der Waals surface area contributed by atoms with E-state index < -0.39 is 0 Å². The van der Waals surface area contributed by atoms with Crippen LogP contribution in [0.4, 0.5) is 5.69 Å². The van der Waals surface area contributed by atoms with Crippen LogP contribution in [0.25, 0.3) is 0 Å². The maximum Gasteiger partial charge on any atom is 0.274 e. The van der Waals surface area contributed by atoms with Crippen LogP contribution >= 0.6 is 0 Å². The third-order valence-corrected chi connectivity index (χ3v) is 5.44. The Kier molecular flexibility index (Phi) is 4.94. The second-order valence-corrected chi connectivity index (χ2v) is 7.27. The quantitative estimate of drug-likeness (QED) is 0.863. The summed E-state index contributed by atoms with van der Waals surface area (Å²) in [5.74, 6) is -0.281. The number of para-hydroxylation sites is 1. The maximum atomic E-state index is 13.1. The van der Waals surface area contributed by atoms with Gasteiger partial charge in [0.2, 0.25) is 5.91 Å². The van der Waals surface area contributed by atoms with Gasteiger partial charge >= 0.3 is 0 Å². The zero-order valence-corrected chi connectivity index (χ0v) is 15.6. The van der Waals surface area contributed by atoms with Crippen LogP contribution in [-0.4, -0.2) is 46.1 Å². The number of rotatable bonds is 3. The van der Waals surface area contributed by atoms with E-state index in [1.54, 1.807) is 4.90 Å². The van der Waals surface area contributed by atoms with Crippen LogP contribution < -0.4 is 10.6 Å². The van der Waals surface area contributed by atoms with Crippen molar-refractivity contribution in [2.75, 3.05) is 25.0 Å². The minimum Gasteiger partial charge on any atom is -0.336 e. The summed E-state index contributed by atoms with van der Waals surface area (Å²) in [5.41, 5.74) is 3.46. The van der Waals surface area contributed by atoms with Crippen LogP contribution in [0.1, 0.15) is 34.6 Å². The molecular formula is C20H25N5O2. The first-order valence-electron chi connectivity index (χ1n) is 9.54. The Morgan fingerprint density at radius 1 is 1.26 bits per heavy atom. The van der Waals surface area contributed by atoms with Crippen molar-refractivity contribution in [1.29, 1.82) is 0 Å². The molecule has 1 aromatic heterocycles. The number of likely N-dealkylation sites (tertiary alicyclic amines) is 1. The molecule has 142 valence electrons. The summed E-state index contributed by atoms with van der Waals surface area (Å²) in [6.07, 6.45) is 2.50. The van der Waals surface area contributed by atoms with Crippen molar-refractivity contribution < 1.29 is 9.59 Å². The number of nitrogens with zero attached hydrogens (tertiary/aromatic N) is 3. The highest BCUT2D eigenvalue weighted by atomic mass is 16.2. The van der Waals surface area contributed by atoms with Gasteiger partial charge in [0.05, 0.1) is 5.92 Å². The Bertz CT molecular complexity index is 846. The van der Waals surface area contributed by atoms with Gasteiger partial charge in [-0.3, -0.25) is 14.3 Å². The smallest absolute Gasteiger partial charge is 0.274 e. The third-order valence-electron chi connectivity index (χ3n) is 5.44. The lowest BCUT2D eigenvalue weighted by Crippen LogP contribution is -2.44. The molecule has 2 aromatic rings. The van der Waals surface area contributed by atoms with Crippen molar-refractivity contribution >= 4 is 17.5 Å². The standard InChI is InChI=1S/C20H25N5O2/c1-24-17-9-10-21-12-16(17)18(23-24)20(27)25-11-5-6-14(13-25)19(26)22-15-7-3-2-4-8-15/h2-4,7-8,14,21H,5-6,9-13H2,1H3,(H,22,26)/t14-/m0/s1. The normalized spacial score (nSPS) is 19.4. The van der Waals surface area contributed by atoms with E-state index in [0.29, 0.717) is 25.3 Å². The SMILES string of the molecule is Cn1nc(C(=O)N2CCC[C@H](C(=O)Nc3ccccc3)C2)c2c1CCNC2. The predicted octanol–water partition coefficient (Wildman–Crippen LogP) is 1.56. The maximum absolute atomic E-state index is 13.1. The van der Waals surface area contributed by atoms with Crippen LogP contribution in [0.15, 0.2) is 30.3 Å². The highest BCUT2D eigenvalue weighted by Gasteiger charge is 2.32. The molecule has 2 aliphatic heterocycles. The molecule has 3 heterocycles. The molecule has 0 unspecified atom stereocenters. The molecule has 0 saturated carbocycles. The van der Waals surface area contributed by atoms with E-state index in [9.17, 15) is 9.59 Å². The number of nitrogens with one attached hydrogen (secondary N) is 2. The first-order chi connectivity index (χ1) is 13.1. The molecule has 4 rings (SSSR count). The number of fused-ring (bicyclic) bond motifs is 1. The fourth-order valence-electron chi connectivity index (χ4n) is 3.98. The lowest BCUT2D eigenvalue weighted by Gasteiger charge is -2.32. The van der Waals surface area contributed by atoms with E-state index in [1.807, 2.05) is 42.1 Å². The van der Waals surface area contributed by atoms with E-state index in [-0.39, 0.29) is 17.7 Å². The Morgan fingerprint density at radius 3 is 2.89 bits per heavy atom. The average molecular weight is 367 g/mol. The molecule has 2 N–H and O–H groups in total. The van der Waals surface area contributed by atoms with Gasteiger partial charge in [0.1, 0.15) is 0 Å². The van der Waals surface area contributed by atoms with Gasteiger partial charge in [-0.1, -0.05) is 18.2 Å². The number of piperidine rings is 1. The number of amides is 2. The predicted molar refractivity (Wildman–Crippen MR) is 102 cm³/mol. The largest absolute Gasteiger partial charge is 0.336 e. The molecule has 7 heteroatoms. The first-order valence-corrected chi connectivity index (χ1v) is 9.54. The summed E-state index contributed by atoms with van der Waals surface area (Å²) >= 11 is 0. The highest BCUT2D eigenvalue weighted by Crippen LogP contribution is 2.23. The molecule has 0 radical (unpaired) electrons. The molecule has 1 saturated heterocycles. The van der Waals surface area contributed by atoms with Crippen molar-refractivity contribution in [3.8, 4) is 0 Å². The minimum absolute atomic E-state index is 0.0246. The zero-order chi connectivity index (χ0) is 18.8. The van der Waals surface area contributed by atoms with Gasteiger partial charge in [-0.2, -0.15) is 5.10 Å². The van der Waals surface area contributed by atoms with Gasteiger partial charge < -0.3 is 15.5 Å². The topological polar surface area (TPSA) is 79.3 Å². The Balaban J connectivity index is 1.47. The van der Waals surface area contributed by atoms with Crippen LogP contribution in [-0.2, 0) is 24.8 Å². The number of carbonyl (C=O) groups is 2. The Morgan fingerprint density at radius 2 is 2.07 bits per heavy atom. The van der Waals surface area contributed by atoms with Crippen molar-refractivity contribution in [1.82, 2.24) is 20.0 Å². The third kappa shape index (κ3) is 3.60. The summed E-state index contributed by atoms with van der Waals surface area (Å²) in [4.78, 5) is 27.5. The van der Waals surface area contributed by atoms with Crippen molar-refractivity contribution in [2.45, 2.75) is 25.8 Å². The molecule has 27 heavy (non-hydrogen) atoms. The number of anilines is 1. The first kappa shape index (κ1) is 17.7. The van der Waals surface area contributed by atoms with E-state index in [1.165, 1.54) is 0 Å². The molecule has 1 fully saturated rings. The number of hydrogen-bond donors (Lipinski definition) is 2. The average Bonchev–Trinajstić information content (AvgIpc) is 3.05. The van der Waals surface area contributed by atoms with Crippen LogP contribution in [0.3, 0.4) is 0 Å². The van der Waals surface area contributed by atoms with Crippen molar-refractivity contribution in [3.05, 3.63) is 47.3 Å². The lowest BCUT2D eigenvalue weighted by molar-refractivity contribution is -0.121. The summed E-state index contributed by atoms with van der Waals surface area (Å²) in [5, 5.41) is 10.8. The van der Waals surface area contributed by atoms with E-state index in [0.717, 1.165) is 42.8 Å². The number of aryl methyl sites for hydroxylation is 1. The fourth-order valence-corrected chi connectivity index (χ4v) is 3.98. The number of benzene rings is 1. The van der Waals surface area contributed by atoms with Gasteiger partial charge in [0.25, 0.3) is 5.91 Å². The molecular weight excluding hydrogens is 342 g/mol. The van der Waals surface area contributed by atoms with Crippen LogP contribution in [0.2, 0.25) is 0 Å². The summed E-state index contributed by atoms with van der Waals surface area (Å²) in [7, 11) is 1.90.